The number of rotatable bonds is 4. The van der Waals surface area contributed by atoms with Gasteiger partial charge in [0.2, 0.25) is 0 Å². The van der Waals surface area contributed by atoms with Crippen molar-refractivity contribution in [2.75, 3.05) is 11.9 Å². The van der Waals surface area contributed by atoms with Crippen LogP contribution in [0.1, 0.15) is 25.7 Å². The van der Waals surface area contributed by atoms with Crippen molar-refractivity contribution in [3.05, 3.63) is 9.98 Å². The SMILES string of the molecule is O=C(O)C1CCC(CNc2nc(Br)cs2)CC1. The Morgan fingerprint density at radius 1 is 1.53 bits per heavy atom. The third-order valence-electron chi connectivity index (χ3n) is 3.21. The van der Waals surface area contributed by atoms with Gasteiger partial charge >= 0.3 is 5.97 Å². The van der Waals surface area contributed by atoms with E-state index in [1.807, 2.05) is 5.38 Å². The van der Waals surface area contributed by atoms with Crippen LogP contribution in [0.25, 0.3) is 0 Å². The standard InChI is InChI=1S/C11H15BrN2O2S/c12-9-6-17-11(14-9)13-5-7-1-3-8(4-2-7)10(15)16/h6-8H,1-5H2,(H,13,14)(H,15,16). The smallest absolute Gasteiger partial charge is 0.306 e. The number of thiazole rings is 1. The molecule has 1 aliphatic rings. The van der Waals surface area contributed by atoms with Crippen LogP contribution in [-0.4, -0.2) is 22.6 Å². The predicted octanol–water partition coefficient (Wildman–Crippen LogP) is 3.21. The Labute approximate surface area is 113 Å². The van der Waals surface area contributed by atoms with Crippen LogP contribution in [-0.2, 0) is 4.79 Å². The zero-order chi connectivity index (χ0) is 12.3. The number of halogens is 1. The van der Waals surface area contributed by atoms with Crippen molar-refractivity contribution < 1.29 is 9.90 Å². The van der Waals surface area contributed by atoms with Gasteiger partial charge in [-0.15, -0.1) is 11.3 Å². The first-order valence-electron chi connectivity index (χ1n) is 5.73. The number of nitrogens with zero attached hydrogens (tertiary/aromatic N) is 1. The Hall–Kier alpha value is -0.620. The summed E-state index contributed by atoms with van der Waals surface area (Å²) in [6.45, 7) is 0.895. The Morgan fingerprint density at radius 3 is 2.76 bits per heavy atom. The van der Waals surface area contributed by atoms with Crippen molar-refractivity contribution in [1.82, 2.24) is 4.98 Å². The summed E-state index contributed by atoms with van der Waals surface area (Å²) in [6, 6.07) is 0. The number of carboxylic acid groups (broad SMARTS) is 1. The summed E-state index contributed by atoms with van der Waals surface area (Å²) in [4.78, 5) is 15.1. The molecule has 17 heavy (non-hydrogen) atoms. The molecule has 0 bridgehead atoms. The Kier molecular flexibility index (Phi) is 4.39. The van der Waals surface area contributed by atoms with Gasteiger partial charge in [0, 0.05) is 11.9 Å². The maximum Gasteiger partial charge on any atom is 0.306 e. The molecule has 2 N–H and O–H groups in total. The molecule has 1 aromatic rings. The van der Waals surface area contributed by atoms with Gasteiger partial charge in [0.15, 0.2) is 5.13 Å². The number of carbonyl (C=O) groups is 1. The number of aliphatic carboxylic acids is 1. The number of hydrogen-bond donors (Lipinski definition) is 2. The van der Waals surface area contributed by atoms with E-state index in [9.17, 15) is 4.79 Å². The highest BCUT2D eigenvalue weighted by Crippen LogP contribution is 2.29. The Bertz CT molecular complexity index is 389. The second-order valence-electron chi connectivity index (χ2n) is 4.41. The summed E-state index contributed by atoms with van der Waals surface area (Å²) in [5, 5.41) is 15.1. The second kappa shape index (κ2) is 5.82. The zero-order valence-electron chi connectivity index (χ0n) is 9.36. The molecule has 0 amide bonds. The van der Waals surface area contributed by atoms with Crippen LogP contribution in [0.4, 0.5) is 5.13 Å². The maximum atomic E-state index is 10.8. The van der Waals surface area contributed by atoms with Crippen molar-refractivity contribution in [3.63, 3.8) is 0 Å². The van der Waals surface area contributed by atoms with E-state index in [1.165, 1.54) is 0 Å². The number of nitrogens with one attached hydrogen (secondary N) is 1. The molecule has 6 heteroatoms. The van der Waals surface area contributed by atoms with E-state index >= 15 is 0 Å². The third-order valence-corrected chi connectivity index (χ3v) is 4.72. The highest BCUT2D eigenvalue weighted by Gasteiger charge is 2.25. The van der Waals surface area contributed by atoms with Crippen LogP contribution < -0.4 is 5.32 Å². The van der Waals surface area contributed by atoms with Gasteiger partial charge < -0.3 is 10.4 Å². The summed E-state index contributed by atoms with van der Waals surface area (Å²) in [5.74, 6) is -0.186. The van der Waals surface area contributed by atoms with Gasteiger partial charge in [0.05, 0.1) is 5.92 Å². The maximum absolute atomic E-state index is 10.8. The molecule has 1 saturated carbocycles. The second-order valence-corrected chi connectivity index (χ2v) is 6.08. The molecule has 2 rings (SSSR count). The summed E-state index contributed by atoms with van der Waals surface area (Å²) >= 11 is 4.90. The fourth-order valence-corrected chi connectivity index (χ4v) is 3.33. The number of carboxylic acids is 1. The van der Waals surface area contributed by atoms with Crippen LogP contribution in [0.3, 0.4) is 0 Å². The molecule has 94 valence electrons. The van der Waals surface area contributed by atoms with Crippen molar-refractivity contribution in [2.24, 2.45) is 11.8 Å². The fraction of sp³-hybridized carbons (Fsp3) is 0.636. The summed E-state index contributed by atoms with van der Waals surface area (Å²) in [6.07, 6.45) is 3.61. The van der Waals surface area contributed by atoms with Gasteiger partial charge in [-0.1, -0.05) is 0 Å². The number of aromatic nitrogens is 1. The molecule has 0 saturated heterocycles. The molecule has 4 nitrogen and oxygen atoms in total. The minimum Gasteiger partial charge on any atom is -0.481 e. The lowest BCUT2D eigenvalue weighted by molar-refractivity contribution is -0.143. The molecule has 0 spiro atoms. The molecule has 1 fully saturated rings. The van der Waals surface area contributed by atoms with Crippen LogP contribution in [0.5, 0.6) is 0 Å². The lowest BCUT2D eigenvalue weighted by atomic mass is 9.82. The summed E-state index contributed by atoms with van der Waals surface area (Å²) in [7, 11) is 0. The largest absolute Gasteiger partial charge is 0.481 e. The van der Waals surface area contributed by atoms with Crippen molar-refractivity contribution in [3.8, 4) is 0 Å². The van der Waals surface area contributed by atoms with E-state index in [0.717, 1.165) is 42.0 Å². The van der Waals surface area contributed by atoms with Gasteiger partial charge in [0.25, 0.3) is 0 Å². The van der Waals surface area contributed by atoms with E-state index in [0.29, 0.717) is 5.92 Å². The van der Waals surface area contributed by atoms with Crippen LogP contribution in [0.15, 0.2) is 9.98 Å². The molecule has 1 aromatic heterocycles. The zero-order valence-corrected chi connectivity index (χ0v) is 11.8. The lowest BCUT2D eigenvalue weighted by Gasteiger charge is -2.25. The van der Waals surface area contributed by atoms with Crippen molar-refractivity contribution >= 4 is 38.4 Å². The molecule has 1 aliphatic carbocycles. The third kappa shape index (κ3) is 3.67. The van der Waals surface area contributed by atoms with Gasteiger partial charge in [-0.05, 0) is 47.5 Å². The van der Waals surface area contributed by atoms with Crippen LogP contribution >= 0.6 is 27.3 Å². The van der Waals surface area contributed by atoms with Gasteiger partial charge in [-0.2, -0.15) is 0 Å². The first-order chi connectivity index (χ1) is 8.15. The van der Waals surface area contributed by atoms with E-state index in [4.69, 9.17) is 5.11 Å². The highest BCUT2D eigenvalue weighted by molar-refractivity contribution is 9.10. The highest BCUT2D eigenvalue weighted by atomic mass is 79.9. The fourth-order valence-electron chi connectivity index (χ4n) is 2.18. The predicted molar refractivity (Wildman–Crippen MR) is 71.4 cm³/mol. The molecule has 0 unspecified atom stereocenters. The molecular formula is C11H15BrN2O2S. The minimum atomic E-state index is -0.639. The summed E-state index contributed by atoms with van der Waals surface area (Å²) < 4.78 is 0.861. The minimum absolute atomic E-state index is 0.125. The average Bonchev–Trinajstić information content (AvgIpc) is 2.73. The number of anilines is 1. The van der Waals surface area contributed by atoms with Gasteiger partial charge in [0.1, 0.15) is 4.60 Å². The topological polar surface area (TPSA) is 62.2 Å². The number of hydrogen-bond acceptors (Lipinski definition) is 4. The first-order valence-corrected chi connectivity index (χ1v) is 7.40. The van der Waals surface area contributed by atoms with Crippen LogP contribution in [0, 0.1) is 11.8 Å². The van der Waals surface area contributed by atoms with E-state index in [1.54, 1.807) is 11.3 Å². The molecular weight excluding hydrogens is 304 g/mol. The molecule has 0 radical (unpaired) electrons. The van der Waals surface area contributed by atoms with Crippen molar-refractivity contribution in [1.29, 1.82) is 0 Å². The lowest BCUT2D eigenvalue weighted by Crippen LogP contribution is -2.25. The molecule has 0 atom stereocenters. The van der Waals surface area contributed by atoms with E-state index in [2.05, 4.69) is 26.2 Å². The van der Waals surface area contributed by atoms with E-state index in [-0.39, 0.29) is 5.92 Å². The molecule has 1 heterocycles. The Morgan fingerprint density at radius 2 is 2.24 bits per heavy atom. The quantitative estimate of drug-likeness (QED) is 0.894. The average molecular weight is 319 g/mol. The normalized spacial score (nSPS) is 24.5. The van der Waals surface area contributed by atoms with Gasteiger partial charge in [-0.3, -0.25) is 4.79 Å². The Balaban J connectivity index is 1.73. The first kappa shape index (κ1) is 12.8. The van der Waals surface area contributed by atoms with Crippen LogP contribution in [0.2, 0.25) is 0 Å². The molecule has 0 aromatic carbocycles. The monoisotopic (exact) mass is 318 g/mol. The summed E-state index contributed by atoms with van der Waals surface area (Å²) in [5.41, 5.74) is 0. The molecule has 0 aliphatic heterocycles. The van der Waals surface area contributed by atoms with Gasteiger partial charge in [-0.25, -0.2) is 4.98 Å². The van der Waals surface area contributed by atoms with E-state index < -0.39 is 5.97 Å². The van der Waals surface area contributed by atoms with Crippen molar-refractivity contribution in [2.45, 2.75) is 25.7 Å².